The van der Waals surface area contributed by atoms with Crippen molar-refractivity contribution in [3.63, 3.8) is 0 Å². The van der Waals surface area contributed by atoms with Crippen molar-refractivity contribution in [2.45, 2.75) is 26.3 Å². The summed E-state index contributed by atoms with van der Waals surface area (Å²) in [5.74, 6) is 5.45. The summed E-state index contributed by atoms with van der Waals surface area (Å²) in [6.07, 6.45) is 0.665. The lowest BCUT2D eigenvalue weighted by atomic mass is 9.94. The molecule has 2 rings (SSSR count). The molecule has 2 aromatic carbocycles. The van der Waals surface area contributed by atoms with E-state index in [2.05, 4.69) is 37.5 Å². The maximum Gasteiger partial charge on any atom is 0.123 e. The third kappa shape index (κ3) is 3.40. The Kier molecular flexibility index (Phi) is 4.30. The van der Waals surface area contributed by atoms with Gasteiger partial charge in [0.2, 0.25) is 0 Å². The van der Waals surface area contributed by atoms with Gasteiger partial charge in [0.15, 0.2) is 0 Å². The Bertz CT molecular complexity index is 566. The van der Waals surface area contributed by atoms with E-state index in [1.165, 1.54) is 17.2 Å². The fourth-order valence-corrected chi connectivity index (χ4v) is 2.29. The van der Waals surface area contributed by atoms with Crippen molar-refractivity contribution in [1.82, 2.24) is 5.43 Å². The monoisotopic (exact) mass is 258 g/mol. The van der Waals surface area contributed by atoms with E-state index in [9.17, 15) is 4.39 Å². The van der Waals surface area contributed by atoms with E-state index in [1.54, 1.807) is 12.1 Å². The van der Waals surface area contributed by atoms with Gasteiger partial charge in [-0.1, -0.05) is 35.9 Å². The lowest BCUT2D eigenvalue weighted by molar-refractivity contribution is 0.546. The minimum absolute atomic E-state index is 0.0123. The molecule has 0 amide bonds. The molecule has 0 aromatic heterocycles. The van der Waals surface area contributed by atoms with Gasteiger partial charge in [0.05, 0.1) is 6.04 Å². The van der Waals surface area contributed by atoms with Crippen LogP contribution in [0.5, 0.6) is 0 Å². The topological polar surface area (TPSA) is 38.0 Å². The highest BCUT2D eigenvalue weighted by Crippen LogP contribution is 2.22. The molecule has 0 saturated heterocycles. The summed E-state index contributed by atoms with van der Waals surface area (Å²) in [6.45, 7) is 4.11. The van der Waals surface area contributed by atoms with Gasteiger partial charge in [0, 0.05) is 0 Å². The van der Waals surface area contributed by atoms with Crippen LogP contribution in [0.4, 0.5) is 4.39 Å². The fraction of sp³-hybridized carbons (Fsp3) is 0.250. The van der Waals surface area contributed by atoms with E-state index in [0.29, 0.717) is 6.42 Å². The van der Waals surface area contributed by atoms with Crippen LogP contribution in [0.2, 0.25) is 0 Å². The van der Waals surface area contributed by atoms with Gasteiger partial charge in [0.1, 0.15) is 5.82 Å². The van der Waals surface area contributed by atoms with Crippen LogP contribution in [-0.4, -0.2) is 0 Å². The van der Waals surface area contributed by atoms with E-state index in [4.69, 9.17) is 5.84 Å². The van der Waals surface area contributed by atoms with Crippen molar-refractivity contribution in [3.05, 3.63) is 70.5 Å². The highest BCUT2D eigenvalue weighted by molar-refractivity contribution is 5.34. The van der Waals surface area contributed by atoms with E-state index >= 15 is 0 Å². The Labute approximate surface area is 113 Å². The maximum atomic E-state index is 13.2. The van der Waals surface area contributed by atoms with Crippen LogP contribution in [0.3, 0.4) is 0 Å². The molecule has 1 atom stereocenters. The molecule has 0 heterocycles. The Hall–Kier alpha value is -1.71. The van der Waals surface area contributed by atoms with Crippen LogP contribution in [0.15, 0.2) is 42.5 Å². The van der Waals surface area contributed by atoms with Crippen LogP contribution in [0.1, 0.15) is 28.3 Å². The van der Waals surface area contributed by atoms with Crippen molar-refractivity contribution in [2.75, 3.05) is 0 Å². The maximum absolute atomic E-state index is 13.2. The first-order valence-electron chi connectivity index (χ1n) is 6.38. The van der Waals surface area contributed by atoms with Gasteiger partial charge in [0.25, 0.3) is 0 Å². The molecular formula is C16H19FN2. The molecule has 1 unspecified atom stereocenters. The molecule has 0 bridgehead atoms. The fourth-order valence-electron chi connectivity index (χ4n) is 2.29. The highest BCUT2D eigenvalue weighted by Gasteiger charge is 2.13. The van der Waals surface area contributed by atoms with Crippen molar-refractivity contribution >= 4 is 0 Å². The normalized spacial score (nSPS) is 12.4. The van der Waals surface area contributed by atoms with Crippen LogP contribution < -0.4 is 11.3 Å². The summed E-state index contributed by atoms with van der Waals surface area (Å²) in [6, 6.07) is 12.9. The minimum atomic E-state index is -0.214. The van der Waals surface area contributed by atoms with Crippen LogP contribution in [0, 0.1) is 19.7 Å². The third-order valence-electron chi connectivity index (χ3n) is 3.34. The highest BCUT2D eigenvalue weighted by atomic mass is 19.1. The van der Waals surface area contributed by atoms with E-state index in [-0.39, 0.29) is 11.9 Å². The van der Waals surface area contributed by atoms with Crippen molar-refractivity contribution in [3.8, 4) is 0 Å². The number of nitrogens with two attached hydrogens (primary N) is 1. The van der Waals surface area contributed by atoms with E-state index < -0.39 is 0 Å². The number of hydrazine groups is 1. The first kappa shape index (κ1) is 13.7. The summed E-state index contributed by atoms with van der Waals surface area (Å²) < 4.78 is 13.2. The number of hydrogen-bond donors (Lipinski definition) is 2. The SMILES string of the molecule is Cc1ccc(C)c(C(Cc2cccc(F)c2)NN)c1. The number of nitrogens with one attached hydrogen (secondary N) is 1. The molecule has 0 aliphatic carbocycles. The molecule has 0 fully saturated rings. The standard InChI is InChI=1S/C16H19FN2/c1-11-6-7-12(2)15(8-11)16(19-18)10-13-4-3-5-14(17)9-13/h3-9,16,19H,10,18H2,1-2H3. The smallest absolute Gasteiger partial charge is 0.123 e. The zero-order valence-electron chi connectivity index (χ0n) is 11.3. The minimum Gasteiger partial charge on any atom is -0.271 e. The molecule has 0 spiro atoms. The Morgan fingerprint density at radius 3 is 2.63 bits per heavy atom. The number of hydrogen-bond acceptors (Lipinski definition) is 2. The first-order valence-corrected chi connectivity index (χ1v) is 6.38. The van der Waals surface area contributed by atoms with Gasteiger partial charge in [-0.25, -0.2) is 4.39 Å². The Morgan fingerprint density at radius 2 is 1.95 bits per heavy atom. The summed E-state index contributed by atoms with van der Waals surface area (Å²) in [4.78, 5) is 0. The summed E-state index contributed by atoms with van der Waals surface area (Å²) in [5, 5.41) is 0. The number of benzene rings is 2. The molecule has 2 nitrogen and oxygen atoms in total. The summed E-state index contributed by atoms with van der Waals surface area (Å²) >= 11 is 0. The molecule has 0 radical (unpaired) electrons. The van der Waals surface area contributed by atoms with E-state index in [0.717, 1.165) is 11.1 Å². The zero-order valence-corrected chi connectivity index (χ0v) is 11.3. The van der Waals surface area contributed by atoms with Crippen LogP contribution in [-0.2, 0) is 6.42 Å². The molecule has 0 saturated carbocycles. The predicted octanol–water partition coefficient (Wildman–Crippen LogP) is 3.19. The molecule has 3 N–H and O–H groups in total. The van der Waals surface area contributed by atoms with Crippen molar-refractivity contribution in [2.24, 2.45) is 5.84 Å². The lowest BCUT2D eigenvalue weighted by Gasteiger charge is -2.19. The van der Waals surface area contributed by atoms with Gasteiger partial charge in [-0.15, -0.1) is 0 Å². The second-order valence-corrected chi connectivity index (χ2v) is 4.91. The van der Waals surface area contributed by atoms with Gasteiger partial charge in [-0.2, -0.15) is 0 Å². The number of aryl methyl sites for hydroxylation is 2. The molecule has 3 heteroatoms. The molecule has 19 heavy (non-hydrogen) atoms. The number of halogens is 1. The average molecular weight is 258 g/mol. The van der Waals surface area contributed by atoms with Gasteiger partial charge >= 0.3 is 0 Å². The Balaban J connectivity index is 2.27. The van der Waals surface area contributed by atoms with Gasteiger partial charge in [-0.3, -0.25) is 11.3 Å². The predicted molar refractivity (Wildman–Crippen MR) is 76.1 cm³/mol. The third-order valence-corrected chi connectivity index (χ3v) is 3.34. The molecule has 100 valence electrons. The van der Waals surface area contributed by atoms with E-state index in [1.807, 2.05) is 6.07 Å². The second-order valence-electron chi connectivity index (χ2n) is 4.91. The zero-order chi connectivity index (χ0) is 13.8. The molecule has 2 aromatic rings. The van der Waals surface area contributed by atoms with Gasteiger partial charge in [-0.05, 0) is 49.1 Å². The molecule has 0 aliphatic rings. The van der Waals surface area contributed by atoms with Crippen LogP contribution in [0.25, 0.3) is 0 Å². The number of rotatable bonds is 4. The average Bonchev–Trinajstić information content (AvgIpc) is 2.39. The lowest BCUT2D eigenvalue weighted by Crippen LogP contribution is -2.30. The van der Waals surface area contributed by atoms with Crippen molar-refractivity contribution < 1.29 is 4.39 Å². The van der Waals surface area contributed by atoms with Crippen LogP contribution >= 0.6 is 0 Å². The Morgan fingerprint density at radius 1 is 1.16 bits per heavy atom. The summed E-state index contributed by atoms with van der Waals surface area (Å²) in [7, 11) is 0. The summed E-state index contributed by atoms with van der Waals surface area (Å²) in [5.41, 5.74) is 7.30. The molecular weight excluding hydrogens is 239 g/mol. The van der Waals surface area contributed by atoms with Crippen molar-refractivity contribution in [1.29, 1.82) is 0 Å². The largest absolute Gasteiger partial charge is 0.271 e. The first-order chi connectivity index (χ1) is 9.10. The van der Waals surface area contributed by atoms with Gasteiger partial charge < -0.3 is 0 Å². The quantitative estimate of drug-likeness (QED) is 0.653. The molecule has 0 aliphatic heterocycles. The second kappa shape index (κ2) is 5.95.